The zero-order valence-electron chi connectivity index (χ0n) is 14.7. The van der Waals surface area contributed by atoms with E-state index in [1.807, 2.05) is 20.8 Å². The molecule has 0 aliphatic rings. The van der Waals surface area contributed by atoms with Gasteiger partial charge in [0, 0.05) is 24.1 Å². The molecule has 1 atom stereocenters. The van der Waals surface area contributed by atoms with Crippen molar-refractivity contribution in [1.29, 1.82) is 0 Å². The number of benzene rings is 1. The highest BCUT2D eigenvalue weighted by molar-refractivity contribution is 5.75. The Morgan fingerprint density at radius 1 is 1.12 bits per heavy atom. The Kier molecular flexibility index (Phi) is 6.16. The molecule has 2 rings (SSSR count). The minimum Gasteiger partial charge on any atom is -0.494 e. The average Bonchev–Trinajstić information content (AvgIpc) is 2.60. The van der Waals surface area contributed by atoms with Crippen LogP contribution in [0.15, 0.2) is 46.2 Å². The molecule has 0 aliphatic carbocycles. The lowest BCUT2D eigenvalue weighted by Crippen LogP contribution is -2.43. The summed E-state index contributed by atoms with van der Waals surface area (Å²) in [7, 11) is 0. The molecule has 0 aliphatic heterocycles. The van der Waals surface area contributed by atoms with E-state index in [1.165, 1.54) is 17.0 Å². The van der Waals surface area contributed by atoms with Crippen molar-refractivity contribution in [2.75, 3.05) is 6.61 Å². The van der Waals surface area contributed by atoms with E-state index in [-0.39, 0.29) is 18.5 Å². The number of rotatable bonds is 7. The lowest BCUT2D eigenvalue weighted by atomic mass is 10.2. The maximum absolute atomic E-state index is 12.3. The lowest BCUT2D eigenvalue weighted by Gasteiger charge is -2.13. The molecule has 1 unspecified atom stereocenters. The van der Waals surface area contributed by atoms with Crippen molar-refractivity contribution in [3.63, 3.8) is 0 Å². The molecule has 0 radical (unpaired) electrons. The Morgan fingerprint density at radius 3 is 2.40 bits per heavy atom. The Hall–Kier alpha value is -2.83. The molecule has 1 N–H and O–H groups in total. The zero-order valence-corrected chi connectivity index (χ0v) is 14.7. The maximum atomic E-state index is 12.3. The predicted molar refractivity (Wildman–Crippen MR) is 95.4 cm³/mol. The first-order valence-electron chi connectivity index (χ1n) is 8.31. The van der Waals surface area contributed by atoms with Gasteiger partial charge in [0.1, 0.15) is 12.3 Å². The second-order valence-corrected chi connectivity index (χ2v) is 5.71. The predicted octanol–water partition coefficient (Wildman–Crippen LogP) is 1.31. The summed E-state index contributed by atoms with van der Waals surface area (Å²) in [6.07, 6.45) is 3.71. The summed E-state index contributed by atoms with van der Waals surface area (Å²) >= 11 is 0. The minimum absolute atomic E-state index is 0.0208. The van der Waals surface area contributed by atoms with Crippen molar-refractivity contribution in [3.05, 3.63) is 57.4 Å². The zero-order chi connectivity index (χ0) is 18.4. The van der Waals surface area contributed by atoms with Crippen molar-refractivity contribution < 1.29 is 9.53 Å². The van der Waals surface area contributed by atoms with E-state index >= 15 is 0 Å². The fourth-order valence-electron chi connectivity index (χ4n) is 2.28. The largest absolute Gasteiger partial charge is 0.494 e. The van der Waals surface area contributed by atoms with Crippen LogP contribution in [-0.2, 0) is 11.3 Å². The molecule has 134 valence electrons. The van der Waals surface area contributed by atoms with Crippen LogP contribution in [0.25, 0.3) is 5.69 Å². The second-order valence-electron chi connectivity index (χ2n) is 5.71. The molecule has 1 amide bonds. The van der Waals surface area contributed by atoms with Crippen LogP contribution >= 0.6 is 0 Å². The average molecular weight is 345 g/mol. The van der Waals surface area contributed by atoms with Gasteiger partial charge in [0.25, 0.3) is 0 Å². The number of ether oxygens (including phenoxy) is 1. The molecule has 0 bridgehead atoms. The van der Waals surface area contributed by atoms with Gasteiger partial charge in [0.2, 0.25) is 5.91 Å². The van der Waals surface area contributed by atoms with Crippen LogP contribution in [-0.4, -0.2) is 27.7 Å². The molecule has 0 saturated heterocycles. The van der Waals surface area contributed by atoms with Gasteiger partial charge in [-0.05, 0) is 44.5 Å². The van der Waals surface area contributed by atoms with Crippen molar-refractivity contribution in [2.45, 2.75) is 39.8 Å². The molecular formula is C18H23N3O4. The van der Waals surface area contributed by atoms with Gasteiger partial charge < -0.3 is 10.1 Å². The summed E-state index contributed by atoms with van der Waals surface area (Å²) in [6.45, 7) is 6.09. The van der Waals surface area contributed by atoms with E-state index in [1.54, 1.807) is 24.3 Å². The third kappa shape index (κ3) is 4.59. The molecule has 1 aromatic carbocycles. The van der Waals surface area contributed by atoms with E-state index in [2.05, 4.69) is 5.32 Å². The Morgan fingerprint density at radius 2 is 1.80 bits per heavy atom. The summed E-state index contributed by atoms with van der Waals surface area (Å²) in [5.74, 6) is 0.393. The number of carbonyl (C=O) groups is 1. The molecule has 0 fully saturated rings. The molecule has 7 nitrogen and oxygen atoms in total. The summed E-state index contributed by atoms with van der Waals surface area (Å²) in [5.41, 5.74) is -0.888. The number of carbonyl (C=O) groups excluding carboxylic acids is 1. The number of amides is 1. The van der Waals surface area contributed by atoms with E-state index in [0.29, 0.717) is 18.0 Å². The summed E-state index contributed by atoms with van der Waals surface area (Å²) < 4.78 is 7.72. The number of hydrogen-bond acceptors (Lipinski definition) is 4. The van der Waals surface area contributed by atoms with Crippen molar-refractivity contribution in [3.8, 4) is 11.4 Å². The topological polar surface area (TPSA) is 82.3 Å². The molecule has 2 aromatic rings. The van der Waals surface area contributed by atoms with Crippen LogP contribution in [0.3, 0.4) is 0 Å². The Bertz CT molecular complexity index is 837. The van der Waals surface area contributed by atoms with Crippen LogP contribution < -0.4 is 21.2 Å². The van der Waals surface area contributed by atoms with Crippen LogP contribution in [0.1, 0.15) is 27.2 Å². The van der Waals surface area contributed by atoms with Crippen LogP contribution in [0.4, 0.5) is 0 Å². The molecule has 1 aromatic heterocycles. The van der Waals surface area contributed by atoms with Gasteiger partial charge in [-0.1, -0.05) is 6.92 Å². The molecule has 0 spiro atoms. The van der Waals surface area contributed by atoms with E-state index in [9.17, 15) is 14.4 Å². The van der Waals surface area contributed by atoms with Gasteiger partial charge in [-0.25, -0.2) is 0 Å². The number of aromatic nitrogens is 2. The molecule has 7 heteroatoms. The van der Waals surface area contributed by atoms with Gasteiger partial charge in [-0.15, -0.1) is 0 Å². The Balaban J connectivity index is 2.24. The lowest BCUT2D eigenvalue weighted by molar-refractivity contribution is -0.122. The smallest absolute Gasteiger partial charge is 0.320 e. The number of nitrogens with one attached hydrogen (secondary N) is 1. The summed E-state index contributed by atoms with van der Waals surface area (Å²) in [6, 6.07) is 6.89. The summed E-state index contributed by atoms with van der Waals surface area (Å²) in [5, 5.41) is 2.77. The first-order chi connectivity index (χ1) is 12.0. The highest BCUT2D eigenvalue weighted by Gasteiger charge is 2.11. The van der Waals surface area contributed by atoms with Crippen molar-refractivity contribution in [2.24, 2.45) is 0 Å². The molecular weight excluding hydrogens is 322 g/mol. The third-order valence-corrected chi connectivity index (χ3v) is 3.82. The quantitative estimate of drug-likeness (QED) is 0.767. The summed E-state index contributed by atoms with van der Waals surface area (Å²) in [4.78, 5) is 36.5. The highest BCUT2D eigenvalue weighted by Crippen LogP contribution is 2.13. The van der Waals surface area contributed by atoms with Crippen LogP contribution in [0.2, 0.25) is 0 Å². The van der Waals surface area contributed by atoms with Gasteiger partial charge in [0.15, 0.2) is 0 Å². The molecule has 0 saturated carbocycles. The van der Waals surface area contributed by atoms with Gasteiger partial charge in [-0.2, -0.15) is 0 Å². The second kappa shape index (κ2) is 8.32. The monoisotopic (exact) mass is 345 g/mol. The number of nitrogens with zero attached hydrogens (tertiary/aromatic N) is 2. The maximum Gasteiger partial charge on any atom is 0.320 e. The molecule has 1 heterocycles. The fourth-order valence-corrected chi connectivity index (χ4v) is 2.28. The van der Waals surface area contributed by atoms with Gasteiger partial charge >= 0.3 is 11.1 Å². The van der Waals surface area contributed by atoms with E-state index in [4.69, 9.17) is 4.74 Å². The first-order valence-corrected chi connectivity index (χ1v) is 8.31. The number of hydrogen-bond donors (Lipinski definition) is 1. The standard InChI is InChI=1S/C18H23N3O4/c1-4-13(3)19-16(22)12-20-10-11-21(18(24)17(20)23)14-6-8-15(9-7-14)25-5-2/h6-11,13H,4-5,12H2,1-3H3,(H,19,22). The van der Waals surface area contributed by atoms with E-state index in [0.717, 1.165) is 11.0 Å². The SMILES string of the molecule is CCOc1ccc(-n2ccn(CC(=O)NC(C)CC)c(=O)c2=O)cc1. The highest BCUT2D eigenvalue weighted by atomic mass is 16.5. The fraction of sp³-hybridized carbons (Fsp3) is 0.389. The van der Waals surface area contributed by atoms with Crippen LogP contribution in [0.5, 0.6) is 5.75 Å². The minimum atomic E-state index is -0.740. The third-order valence-electron chi connectivity index (χ3n) is 3.82. The van der Waals surface area contributed by atoms with Gasteiger partial charge in [0.05, 0.1) is 6.61 Å². The van der Waals surface area contributed by atoms with Crippen LogP contribution in [0, 0.1) is 0 Å². The normalized spacial score (nSPS) is 11.8. The van der Waals surface area contributed by atoms with Gasteiger partial charge in [-0.3, -0.25) is 23.5 Å². The Labute approximate surface area is 145 Å². The van der Waals surface area contributed by atoms with E-state index < -0.39 is 11.1 Å². The van der Waals surface area contributed by atoms with Crippen molar-refractivity contribution in [1.82, 2.24) is 14.5 Å². The first kappa shape index (κ1) is 18.5. The molecule has 25 heavy (non-hydrogen) atoms. The van der Waals surface area contributed by atoms with Crippen molar-refractivity contribution >= 4 is 5.91 Å².